The number of aromatic nitrogens is 2. The molecule has 0 spiro atoms. The average molecular weight is 382 g/mol. The number of benzene rings is 1. The first-order valence-corrected chi connectivity index (χ1v) is 9.63. The van der Waals surface area contributed by atoms with E-state index in [0.29, 0.717) is 11.5 Å². The van der Waals surface area contributed by atoms with Gasteiger partial charge in [0.25, 0.3) is 0 Å². The zero-order valence-electron chi connectivity index (χ0n) is 16.5. The summed E-state index contributed by atoms with van der Waals surface area (Å²) >= 11 is 0. The van der Waals surface area contributed by atoms with E-state index >= 15 is 0 Å². The van der Waals surface area contributed by atoms with E-state index in [2.05, 4.69) is 42.5 Å². The van der Waals surface area contributed by atoms with Gasteiger partial charge in [-0.2, -0.15) is 0 Å². The molecule has 0 aliphatic carbocycles. The third-order valence-corrected chi connectivity index (χ3v) is 5.33. The molecule has 0 saturated carbocycles. The van der Waals surface area contributed by atoms with Crippen molar-refractivity contribution >= 4 is 28.9 Å². The third-order valence-electron chi connectivity index (χ3n) is 5.33. The highest BCUT2D eigenvalue weighted by atomic mass is 16.5. The van der Waals surface area contributed by atoms with Crippen molar-refractivity contribution in [2.75, 3.05) is 53.7 Å². The molecule has 8 nitrogen and oxygen atoms in total. The predicted octanol–water partition coefficient (Wildman–Crippen LogP) is 2.20. The molecular weight excluding hydrogens is 356 g/mol. The van der Waals surface area contributed by atoms with Crippen molar-refractivity contribution in [2.24, 2.45) is 5.92 Å². The van der Waals surface area contributed by atoms with Crippen molar-refractivity contribution in [1.82, 2.24) is 9.97 Å². The summed E-state index contributed by atoms with van der Waals surface area (Å²) < 4.78 is 5.23. The number of ether oxygens (including phenoxy) is 1. The maximum atomic E-state index is 12.5. The summed E-state index contributed by atoms with van der Waals surface area (Å²) in [7, 11) is 1.67. The van der Waals surface area contributed by atoms with E-state index in [9.17, 15) is 4.79 Å². The molecule has 1 fully saturated rings. The maximum Gasteiger partial charge on any atom is 0.247 e. The Bertz CT molecular complexity index is 846. The highest BCUT2D eigenvalue weighted by molar-refractivity contribution is 6.05. The van der Waals surface area contributed by atoms with Gasteiger partial charge in [-0.3, -0.25) is 4.79 Å². The SMILES string of the molecule is COc1ccc(N2CCN(c3ncnc4c3NC(=O)C(C(C)C)N4)CC2)cc1. The minimum absolute atomic E-state index is 0.0320. The molecule has 0 bridgehead atoms. The van der Waals surface area contributed by atoms with Gasteiger partial charge in [-0.25, -0.2) is 9.97 Å². The maximum absolute atomic E-state index is 12.5. The number of rotatable bonds is 4. The lowest BCUT2D eigenvalue weighted by molar-refractivity contribution is -0.117. The van der Waals surface area contributed by atoms with Crippen molar-refractivity contribution in [3.05, 3.63) is 30.6 Å². The summed E-state index contributed by atoms with van der Waals surface area (Å²) in [4.78, 5) is 25.8. The lowest BCUT2D eigenvalue weighted by Gasteiger charge is -2.38. The van der Waals surface area contributed by atoms with Crippen molar-refractivity contribution in [2.45, 2.75) is 19.9 Å². The molecule has 2 aliphatic rings. The van der Waals surface area contributed by atoms with E-state index in [4.69, 9.17) is 4.74 Å². The summed E-state index contributed by atoms with van der Waals surface area (Å²) in [5.41, 5.74) is 1.86. The molecule has 4 rings (SSSR count). The Kier molecular flexibility index (Phi) is 4.93. The Balaban J connectivity index is 1.48. The van der Waals surface area contributed by atoms with Crippen molar-refractivity contribution in [3.8, 4) is 5.75 Å². The topological polar surface area (TPSA) is 82.6 Å². The molecular formula is C20H26N6O2. The molecule has 1 aromatic carbocycles. The van der Waals surface area contributed by atoms with E-state index in [1.54, 1.807) is 13.4 Å². The molecule has 148 valence electrons. The molecule has 3 heterocycles. The normalized spacial score (nSPS) is 19.1. The summed E-state index contributed by atoms with van der Waals surface area (Å²) in [6, 6.07) is 7.85. The molecule has 1 aromatic heterocycles. The molecule has 2 aromatic rings. The average Bonchev–Trinajstić information content (AvgIpc) is 2.73. The first-order chi connectivity index (χ1) is 13.6. The van der Waals surface area contributed by atoms with Gasteiger partial charge in [0.05, 0.1) is 7.11 Å². The Hall–Kier alpha value is -3.03. The Labute approximate surface area is 164 Å². The zero-order chi connectivity index (χ0) is 19.7. The number of nitrogens with one attached hydrogen (secondary N) is 2. The molecule has 1 atom stereocenters. The number of anilines is 4. The van der Waals surface area contributed by atoms with Gasteiger partial charge < -0.3 is 25.2 Å². The number of fused-ring (bicyclic) bond motifs is 1. The summed E-state index contributed by atoms with van der Waals surface area (Å²) in [5.74, 6) is 2.48. The van der Waals surface area contributed by atoms with Gasteiger partial charge >= 0.3 is 0 Å². The third kappa shape index (κ3) is 3.42. The van der Waals surface area contributed by atoms with Crippen LogP contribution in [-0.2, 0) is 4.79 Å². The number of carbonyl (C=O) groups excluding carboxylic acids is 1. The molecule has 28 heavy (non-hydrogen) atoms. The fourth-order valence-electron chi connectivity index (χ4n) is 3.69. The van der Waals surface area contributed by atoms with Crippen LogP contribution in [0.25, 0.3) is 0 Å². The second-order valence-electron chi connectivity index (χ2n) is 7.45. The Morgan fingerprint density at radius 1 is 1.07 bits per heavy atom. The standard InChI is InChI=1S/C20H26N6O2/c1-13(2)16-20(27)24-17-18(23-16)21-12-22-19(17)26-10-8-25(9-11-26)14-4-6-15(28-3)7-5-14/h4-7,12-13,16H,8-11H2,1-3H3,(H,24,27)(H,21,22,23). The van der Waals surface area contributed by atoms with Crippen LogP contribution in [0, 0.1) is 5.92 Å². The van der Waals surface area contributed by atoms with Crippen LogP contribution in [0.5, 0.6) is 5.75 Å². The van der Waals surface area contributed by atoms with Crippen LogP contribution in [-0.4, -0.2) is 55.2 Å². The molecule has 0 radical (unpaired) electrons. The van der Waals surface area contributed by atoms with Gasteiger partial charge in [0.2, 0.25) is 5.91 Å². The minimum atomic E-state index is -0.276. The van der Waals surface area contributed by atoms with Crippen LogP contribution in [0.3, 0.4) is 0 Å². The molecule has 2 aliphatic heterocycles. The summed E-state index contributed by atoms with van der Waals surface area (Å²) in [6.45, 7) is 7.42. The molecule has 8 heteroatoms. The van der Waals surface area contributed by atoms with Crippen LogP contribution in [0.15, 0.2) is 30.6 Å². The van der Waals surface area contributed by atoms with Gasteiger partial charge in [-0.15, -0.1) is 0 Å². The van der Waals surface area contributed by atoms with Crippen molar-refractivity contribution < 1.29 is 9.53 Å². The second-order valence-corrected chi connectivity index (χ2v) is 7.45. The lowest BCUT2D eigenvalue weighted by atomic mass is 10.0. The monoisotopic (exact) mass is 382 g/mol. The number of hydrogen-bond donors (Lipinski definition) is 2. The van der Waals surface area contributed by atoms with Gasteiger partial charge in [0, 0.05) is 31.9 Å². The number of carbonyl (C=O) groups is 1. The summed E-state index contributed by atoms with van der Waals surface area (Å²) in [5, 5.41) is 6.28. The predicted molar refractivity (Wildman–Crippen MR) is 110 cm³/mol. The van der Waals surface area contributed by atoms with Gasteiger partial charge in [-0.05, 0) is 30.2 Å². The number of methoxy groups -OCH3 is 1. The molecule has 1 unspecified atom stereocenters. The fraction of sp³-hybridized carbons (Fsp3) is 0.450. The Morgan fingerprint density at radius 3 is 2.39 bits per heavy atom. The van der Waals surface area contributed by atoms with E-state index in [1.165, 1.54) is 5.69 Å². The van der Waals surface area contributed by atoms with Crippen LogP contribution in [0.2, 0.25) is 0 Å². The number of amides is 1. The van der Waals surface area contributed by atoms with E-state index in [0.717, 1.165) is 37.7 Å². The van der Waals surface area contributed by atoms with Crippen molar-refractivity contribution in [3.63, 3.8) is 0 Å². The highest BCUT2D eigenvalue weighted by Crippen LogP contribution is 2.34. The fourth-order valence-corrected chi connectivity index (χ4v) is 3.69. The number of nitrogens with zero attached hydrogens (tertiary/aromatic N) is 4. The quantitative estimate of drug-likeness (QED) is 0.839. The van der Waals surface area contributed by atoms with Crippen LogP contribution >= 0.6 is 0 Å². The van der Waals surface area contributed by atoms with Crippen molar-refractivity contribution in [1.29, 1.82) is 0 Å². The lowest BCUT2D eigenvalue weighted by Crippen LogP contribution is -2.48. The number of hydrogen-bond acceptors (Lipinski definition) is 7. The first-order valence-electron chi connectivity index (χ1n) is 9.63. The van der Waals surface area contributed by atoms with Crippen LogP contribution in [0.4, 0.5) is 23.0 Å². The summed E-state index contributed by atoms with van der Waals surface area (Å²) in [6.07, 6.45) is 1.56. The van der Waals surface area contributed by atoms with Crippen LogP contribution < -0.4 is 25.2 Å². The van der Waals surface area contributed by atoms with Crippen LogP contribution in [0.1, 0.15) is 13.8 Å². The molecule has 2 N–H and O–H groups in total. The molecule has 1 amide bonds. The first kappa shape index (κ1) is 18.3. The van der Waals surface area contributed by atoms with Gasteiger partial charge in [-0.1, -0.05) is 13.8 Å². The number of piperazine rings is 1. The van der Waals surface area contributed by atoms with E-state index in [1.807, 2.05) is 26.0 Å². The van der Waals surface area contributed by atoms with E-state index < -0.39 is 0 Å². The largest absolute Gasteiger partial charge is 0.497 e. The second kappa shape index (κ2) is 7.53. The minimum Gasteiger partial charge on any atom is -0.497 e. The smallest absolute Gasteiger partial charge is 0.247 e. The van der Waals surface area contributed by atoms with Gasteiger partial charge in [0.15, 0.2) is 11.6 Å². The van der Waals surface area contributed by atoms with E-state index in [-0.39, 0.29) is 17.9 Å². The Morgan fingerprint density at radius 2 is 1.75 bits per heavy atom. The zero-order valence-corrected chi connectivity index (χ0v) is 16.5. The molecule has 1 saturated heterocycles. The highest BCUT2D eigenvalue weighted by Gasteiger charge is 2.32. The van der Waals surface area contributed by atoms with Gasteiger partial charge in [0.1, 0.15) is 23.8 Å².